The maximum Gasteiger partial charge on any atom is 0.307 e. The second-order valence-corrected chi connectivity index (χ2v) is 6.72. The Hall–Kier alpha value is -1.10. The zero-order valence-corrected chi connectivity index (χ0v) is 12.1. The van der Waals surface area contributed by atoms with Crippen LogP contribution in [0, 0.1) is 17.8 Å². The third-order valence-corrected chi connectivity index (χ3v) is 5.12. The van der Waals surface area contributed by atoms with E-state index in [1.165, 1.54) is 12.8 Å². The van der Waals surface area contributed by atoms with E-state index in [1.807, 2.05) is 11.8 Å². The van der Waals surface area contributed by atoms with Crippen molar-refractivity contribution in [1.29, 1.82) is 0 Å². The van der Waals surface area contributed by atoms with E-state index in [-0.39, 0.29) is 11.8 Å². The highest BCUT2D eigenvalue weighted by Crippen LogP contribution is 2.38. The Morgan fingerprint density at radius 1 is 1.00 bits per heavy atom. The van der Waals surface area contributed by atoms with E-state index in [1.54, 1.807) is 0 Å². The van der Waals surface area contributed by atoms with Crippen LogP contribution in [0.2, 0.25) is 0 Å². The lowest BCUT2D eigenvalue weighted by molar-refractivity contribution is -0.149. The molecule has 0 aromatic heterocycles. The number of carbonyl (C=O) groups is 2. The van der Waals surface area contributed by atoms with E-state index in [0.717, 1.165) is 38.6 Å². The van der Waals surface area contributed by atoms with Crippen LogP contribution in [-0.2, 0) is 9.59 Å². The number of hydrogen-bond donors (Lipinski definition) is 1. The summed E-state index contributed by atoms with van der Waals surface area (Å²) in [5.41, 5.74) is 0. The van der Waals surface area contributed by atoms with Crippen LogP contribution in [0.4, 0.5) is 0 Å². The molecule has 0 aromatic rings. The van der Waals surface area contributed by atoms with Crippen molar-refractivity contribution in [1.82, 2.24) is 9.80 Å². The molecule has 3 atom stereocenters. The molecule has 1 amide bonds. The number of nitrogens with zero attached hydrogens (tertiary/aromatic N) is 2. The first-order valence-electron chi connectivity index (χ1n) is 7.82. The summed E-state index contributed by atoms with van der Waals surface area (Å²) in [5, 5.41) is 9.29. The number of aliphatic carboxylic acids is 1. The van der Waals surface area contributed by atoms with Gasteiger partial charge in [0.05, 0.1) is 11.8 Å². The van der Waals surface area contributed by atoms with Crippen LogP contribution in [0.25, 0.3) is 0 Å². The van der Waals surface area contributed by atoms with Crippen LogP contribution in [0.1, 0.15) is 32.6 Å². The van der Waals surface area contributed by atoms with Gasteiger partial charge in [0.1, 0.15) is 0 Å². The molecule has 0 radical (unpaired) electrons. The first kappa shape index (κ1) is 13.9. The lowest BCUT2D eigenvalue weighted by Crippen LogP contribution is -2.51. The SMILES string of the molecule is CC1CC(C(=O)O)C(C(=O)N2CCN(C3CC3)CC2)C1. The Morgan fingerprint density at radius 2 is 1.60 bits per heavy atom. The van der Waals surface area contributed by atoms with Crippen molar-refractivity contribution in [3.63, 3.8) is 0 Å². The normalized spacial score (nSPS) is 35.2. The summed E-state index contributed by atoms with van der Waals surface area (Å²) in [6.45, 7) is 5.50. The Morgan fingerprint density at radius 3 is 2.15 bits per heavy atom. The largest absolute Gasteiger partial charge is 0.481 e. The molecule has 5 heteroatoms. The highest BCUT2D eigenvalue weighted by molar-refractivity contribution is 5.85. The molecular weight excluding hydrogens is 256 g/mol. The average molecular weight is 280 g/mol. The molecule has 1 heterocycles. The quantitative estimate of drug-likeness (QED) is 0.839. The van der Waals surface area contributed by atoms with Gasteiger partial charge in [-0.3, -0.25) is 14.5 Å². The third kappa shape index (κ3) is 2.68. The summed E-state index contributed by atoms with van der Waals surface area (Å²) < 4.78 is 0. The van der Waals surface area contributed by atoms with Crippen LogP contribution in [0.3, 0.4) is 0 Å². The summed E-state index contributed by atoms with van der Waals surface area (Å²) >= 11 is 0. The number of piperazine rings is 1. The van der Waals surface area contributed by atoms with Crippen molar-refractivity contribution in [3.05, 3.63) is 0 Å². The van der Waals surface area contributed by atoms with Gasteiger partial charge in [-0.25, -0.2) is 0 Å². The molecule has 3 fully saturated rings. The number of rotatable bonds is 3. The van der Waals surface area contributed by atoms with Crippen LogP contribution in [-0.4, -0.2) is 59.0 Å². The Bertz CT molecular complexity index is 400. The summed E-state index contributed by atoms with van der Waals surface area (Å²) in [5.74, 6) is -1.15. The van der Waals surface area contributed by atoms with Crippen LogP contribution < -0.4 is 0 Å². The minimum Gasteiger partial charge on any atom is -0.481 e. The van der Waals surface area contributed by atoms with E-state index in [0.29, 0.717) is 12.3 Å². The van der Waals surface area contributed by atoms with Crippen molar-refractivity contribution in [2.45, 2.75) is 38.6 Å². The number of hydrogen-bond acceptors (Lipinski definition) is 3. The Labute approximate surface area is 119 Å². The molecule has 112 valence electrons. The average Bonchev–Trinajstić information content (AvgIpc) is 3.20. The van der Waals surface area contributed by atoms with Gasteiger partial charge >= 0.3 is 5.97 Å². The highest BCUT2D eigenvalue weighted by atomic mass is 16.4. The number of carboxylic acids is 1. The summed E-state index contributed by atoms with van der Waals surface area (Å²) in [7, 11) is 0. The molecule has 1 saturated heterocycles. The zero-order chi connectivity index (χ0) is 14.3. The van der Waals surface area contributed by atoms with Crippen molar-refractivity contribution in [3.8, 4) is 0 Å². The van der Waals surface area contributed by atoms with Crippen molar-refractivity contribution < 1.29 is 14.7 Å². The second-order valence-electron chi connectivity index (χ2n) is 6.72. The van der Waals surface area contributed by atoms with Gasteiger partial charge in [0.2, 0.25) is 5.91 Å². The molecule has 20 heavy (non-hydrogen) atoms. The predicted octanol–water partition coefficient (Wildman–Crippen LogP) is 1.04. The van der Waals surface area contributed by atoms with E-state index in [4.69, 9.17) is 0 Å². The first-order chi connectivity index (χ1) is 9.56. The Kier molecular flexibility index (Phi) is 3.71. The van der Waals surface area contributed by atoms with Gasteiger partial charge in [-0.05, 0) is 31.6 Å². The van der Waals surface area contributed by atoms with Gasteiger partial charge in [0, 0.05) is 32.2 Å². The van der Waals surface area contributed by atoms with Crippen LogP contribution in [0.15, 0.2) is 0 Å². The topological polar surface area (TPSA) is 60.9 Å². The fraction of sp³-hybridized carbons (Fsp3) is 0.867. The smallest absolute Gasteiger partial charge is 0.307 e. The van der Waals surface area contributed by atoms with E-state index in [2.05, 4.69) is 4.90 Å². The number of carbonyl (C=O) groups excluding carboxylic acids is 1. The van der Waals surface area contributed by atoms with Gasteiger partial charge in [-0.2, -0.15) is 0 Å². The van der Waals surface area contributed by atoms with Crippen molar-refractivity contribution in [2.75, 3.05) is 26.2 Å². The molecule has 3 aliphatic rings. The second kappa shape index (κ2) is 5.35. The van der Waals surface area contributed by atoms with E-state index in [9.17, 15) is 14.7 Å². The molecule has 2 aliphatic carbocycles. The maximum absolute atomic E-state index is 12.6. The molecule has 1 N–H and O–H groups in total. The van der Waals surface area contributed by atoms with E-state index < -0.39 is 11.9 Å². The zero-order valence-electron chi connectivity index (χ0n) is 12.1. The first-order valence-corrected chi connectivity index (χ1v) is 7.82. The molecule has 0 spiro atoms. The summed E-state index contributed by atoms with van der Waals surface area (Å²) in [6, 6.07) is 0.755. The Balaban J connectivity index is 1.59. The van der Waals surface area contributed by atoms with Crippen molar-refractivity contribution in [2.24, 2.45) is 17.8 Å². The van der Waals surface area contributed by atoms with Gasteiger partial charge in [-0.15, -0.1) is 0 Å². The summed E-state index contributed by atoms with van der Waals surface area (Å²) in [6.07, 6.45) is 3.98. The molecule has 2 saturated carbocycles. The molecular formula is C15H24N2O3. The van der Waals surface area contributed by atoms with Gasteiger partial charge in [0.25, 0.3) is 0 Å². The fourth-order valence-electron chi connectivity index (χ4n) is 3.82. The minimum absolute atomic E-state index is 0.0807. The lowest BCUT2D eigenvalue weighted by Gasteiger charge is -2.36. The van der Waals surface area contributed by atoms with Gasteiger partial charge in [0.15, 0.2) is 0 Å². The highest BCUT2D eigenvalue weighted by Gasteiger charge is 2.43. The fourth-order valence-corrected chi connectivity index (χ4v) is 3.82. The predicted molar refractivity (Wildman–Crippen MR) is 74.2 cm³/mol. The maximum atomic E-state index is 12.6. The lowest BCUT2D eigenvalue weighted by atomic mass is 9.94. The molecule has 3 unspecified atom stereocenters. The number of amides is 1. The van der Waals surface area contributed by atoms with Gasteiger partial charge < -0.3 is 10.0 Å². The van der Waals surface area contributed by atoms with Crippen LogP contribution in [0.5, 0.6) is 0 Å². The minimum atomic E-state index is -0.802. The molecule has 5 nitrogen and oxygen atoms in total. The monoisotopic (exact) mass is 280 g/mol. The third-order valence-electron chi connectivity index (χ3n) is 5.12. The standard InChI is InChI=1S/C15H24N2O3/c1-10-8-12(13(9-10)15(19)20)14(18)17-6-4-16(5-7-17)11-2-3-11/h10-13H,2-9H2,1H3,(H,19,20). The van der Waals surface area contributed by atoms with Gasteiger partial charge in [-0.1, -0.05) is 6.92 Å². The van der Waals surface area contributed by atoms with Crippen LogP contribution >= 0.6 is 0 Å². The molecule has 1 aliphatic heterocycles. The molecule has 3 rings (SSSR count). The van der Waals surface area contributed by atoms with E-state index >= 15 is 0 Å². The number of carboxylic acid groups (broad SMARTS) is 1. The van der Waals surface area contributed by atoms with Crippen molar-refractivity contribution >= 4 is 11.9 Å². The summed E-state index contributed by atoms with van der Waals surface area (Å²) in [4.78, 5) is 28.3. The molecule has 0 aromatic carbocycles. The molecule has 0 bridgehead atoms.